The minimum atomic E-state index is -0.00149. The summed E-state index contributed by atoms with van der Waals surface area (Å²) in [7, 11) is 0. The first-order chi connectivity index (χ1) is 11.2. The van der Waals surface area contributed by atoms with Gasteiger partial charge in [0.15, 0.2) is 11.5 Å². The number of ketones is 1. The summed E-state index contributed by atoms with van der Waals surface area (Å²) in [4.78, 5) is 12.1. The number of nitrogens with zero attached hydrogens (tertiary/aromatic N) is 1. The molecule has 0 aliphatic carbocycles. The Hall–Kier alpha value is -1.85. The molecule has 122 valence electrons. The van der Waals surface area contributed by atoms with Crippen LogP contribution < -0.4 is 4.74 Å². The number of carbonyl (C=O) groups is 1. The second kappa shape index (κ2) is 7.62. The molecule has 1 atom stereocenters. The maximum atomic E-state index is 12.1. The Morgan fingerprint density at radius 1 is 1.35 bits per heavy atom. The molecule has 0 radical (unpaired) electrons. The summed E-state index contributed by atoms with van der Waals surface area (Å²) in [5, 5.41) is 4.48. The van der Waals surface area contributed by atoms with Gasteiger partial charge in [-0.15, -0.1) is 0 Å². The smallest absolute Gasteiger partial charge is 0.184 e. The summed E-state index contributed by atoms with van der Waals surface area (Å²) >= 11 is 5.81. The van der Waals surface area contributed by atoms with E-state index in [-0.39, 0.29) is 12.4 Å². The molecule has 1 aliphatic heterocycles. The Morgan fingerprint density at radius 3 is 2.91 bits per heavy atom. The average molecular weight is 336 g/mol. The van der Waals surface area contributed by atoms with Crippen molar-refractivity contribution >= 4 is 17.4 Å². The molecule has 2 aromatic rings. The largest absolute Gasteiger partial charge is 0.486 e. The number of carbonyl (C=O) groups excluding carboxylic acids is 1. The lowest BCUT2D eigenvalue weighted by atomic mass is 10.00. The van der Waals surface area contributed by atoms with Crippen LogP contribution >= 0.6 is 11.6 Å². The van der Waals surface area contributed by atoms with Gasteiger partial charge in [-0.1, -0.05) is 16.8 Å². The number of aromatic nitrogens is 1. The van der Waals surface area contributed by atoms with Crippen LogP contribution in [-0.4, -0.2) is 24.2 Å². The molecule has 0 bridgehead atoms. The van der Waals surface area contributed by atoms with E-state index in [1.54, 1.807) is 30.3 Å². The van der Waals surface area contributed by atoms with Gasteiger partial charge in [0.05, 0.1) is 0 Å². The van der Waals surface area contributed by atoms with E-state index in [1.807, 2.05) is 0 Å². The Balaban J connectivity index is 1.48. The summed E-state index contributed by atoms with van der Waals surface area (Å²) in [6, 6.07) is 8.68. The zero-order chi connectivity index (χ0) is 16.1. The zero-order valence-corrected chi connectivity index (χ0v) is 13.4. The first-order valence-corrected chi connectivity index (χ1v) is 8.03. The first kappa shape index (κ1) is 16.0. The number of benzene rings is 1. The molecule has 1 aliphatic rings. The van der Waals surface area contributed by atoms with E-state index < -0.39 is 0 Å². The second-order valence-electron chi connectivity index (χ2n) is 5.61. The average Bonchev–Trinajstić information content (AvgIpc) is 3.24. The monoisotopic (exact) mass is 335 g/mol. The Labute approximate surface area is 139 Å². The Morgan fingerprint density at radius 2 is 2.17 bits per heavy atom. The molecule has 1 fully saturated rings. The SMILES string of the molecule is O=C(CCC1CCOC1)c1cc(COc2ccc(Cl)cc2)on1. The van der Waals surface area contributed by atoms with E-state index in [2.05, 4.69) is 5.16 Å². The molecule has 0 N–H and O–H groups in total. The van der Waals surface area contributed by atoms with Crippen LogP contribution in [-0.2, 0) is 11.3 Å². The van der Waals surface area contributed by atoms with Gasteiger partial charge in [0.25, 0.3) is 0 Å². The molecule has 0 saturated carbocycles. The minimum Gasteiger partial charge on any atom is -0.486 e. The lowest BCUT2D eigenvalue weighted by molar-refractivity contribution is 0.0962. The molecule has 5 nitrogen and oxygen atoms in total. The molecule has 1 unspecified atom stereocenters. The van der Waals surface area contributed by atoms with Crippen molar-refractivity contribution in [2.75, 3.05) is 13.2 Å². The van der Waals surface area contributed by atoms with E-state index in [1.165, 1.54) is 0 Å². The van der Waals surface area contributed by atoms with Crippen molar-refractivity contribution in [3.05, 3.63) is 46.8 Å². The molecular formula is C17H18ClNO4. The number of halogens is 1. The van der Waals surface area contributed by atoms with E-state index in [0.29, 0.717) is 34.6 Å². The summed E-state index contributed by atoms with van der Waals surface area (Å²) < 4.78 is 16.0. The van der Waals surface area contributed by atoms with Crippen molar-refractivity contribution in [1.29, 1.82) is 0 Å². The van der Waals surface area contributed by atoms with Gasteiger partial charge in [0.2, 0.25) is 0 Å². The fraction of sp³-hybridized carbons (Fsp3) is 0.412. The summed E-state index contributed by atoms with van der Waals surface area (Å²) in [5.74, 6) is 1.68. The van der Waals surface area contributed by atoms with Crippen molar-refractivity contribution in [1.82, 2.24) is 5.16 Å². The van der Waals surface area contributed by atoms with E-state index in [4.69, 9.17) is 25.6 Å². The number of Topliss-reactive ketones (excluding diaryl/α,β-unsaturated/α-hetero) is 1. The third-order valence-corrected chi connectivity index (χ3v) is 4.09. The van der Waals surface area contributed by atoms with E-state index in [9.17, 15) is 4.79 Å². The van der Waals surface area contributed by atoms with Crippen LogP contribution in [0.5, 0.6) is 5.75 Å². The fourth-order valence-electron chi connectivity index (χ4n) is 2.47. The van der Waals surface area contributed by atoms with Gasteiger partial charge in [0, 0.05) is 30.7 Å². The summed E-state index contributed by atoms with van der Waals surface area (Å²) in [5.41, 5.74) is 0.360. The highest BCUT2D eigenvalue weighted by atomic mass is 35.5. The number of ether oxygens (including phenoxy) is 2. The van der Waals surface area contributed by atoms with E-state index in [0.717, 1.165) is 26.1 Å². The number of hydrogen-bond acceptors (Lipinski definition) is 5. The predicted molar refractivity (Wildman–Crippen MR) is 84.8 cm³/mol. The topological polar surface area (TPSA) is 61.6 Å². The van der Waals surface area contributed by atoms with Crippen LogP contribution in [0.1, 0.15) is 35.5 Å². The van der Waals surface area contributed by atoms with Gasteiger partial charge in [-0.05, 0) is 43.0 Å². The molecule has 6 heteroatoms. The molecule has 0 amide bonds. The van der Waals surface area contributed by atoms with Crippen LogP contribution in [0.15, 0.2) is 34.9 Å². The molecule has 3 rings (SSSR count). The third kappa shape index (κ3) is 4.56. The molecular weight excluding hydrogens is 318 g/mol. The van der Waals surface area contributed by atoms with Gasteiger partial charge < -0.3 is 14.0 Å². The van der Waals surface area contributed by atoms with Gasteiger partial charge in [-0.3, -0.25) is 4.79 Å². The van der Waals surface area contributed by atoms with Crippen molar-refractivity contribution in [2.45, 2.75) is 25.9 Å². The highest BCUT2D eigenvalue weighted by Crippen LogP contribution is 2.20. The zero-order valence-electron chi connectivity index (χ0n) is 12.7. The maximum absolute atomic E-state index is 12.1. The number of rotatable bonds is 7. The van der Waals surface area contributed by atoms with Gasteiger partial charge in [0.1, 0.15) is 18.1 Å². The highest BCUT2D eigenvalue weighted by Gasteiger charge is 2.19. The van der Waals surface area contributed by atoms with E-state index >= 15 is 0 Å². The molecule has 2 heterocycles. The normalized spacial score (nSPS) is 17.3. The predicted octanol–water partition coefficient (Wildman–Crippen LogP) is 3.91. The summed E-state index contributed by atoms with van der Waals surface area (Å²) in [6.45, 7) is 1.78. The van der Waals surface area contributed by atoms with Crippen molar-refractivity contribution in [3.63, 3.8) is 0 Å². The van der Waals surface area contributed by atoms with Crippen molar-refractivity contribution in [2.24, 2.45) is 5.92 Å². The quantitative estimate of drug-likeness (QED) is 0.718. The van der Waals surface area contributed by atoms with Crippen LogP contribution in [0.4, 0.5) is 0 Å². The molecule has 23 heavy (non-hydrogen) atoms. The molecule has 1 aromatic carbocycles. The molecule has 1 saturated heterocycles. The van der Waals surface area contributed by atoms with Gasteiger partial charge in [-0.25, -0.2) is 0 Å². The first-order valence-electron chi connectivity index (χ1n) is 7.65. The summed E-state index contributed by atoms with van der Waals surface area (Å²) in [6.07, 6.45) is 2.34. The Kier molecular flexibility index (Phi) is 5.31. The van der Waals surface area contributed by atoms with Crippen molar-refractivity contribution in [3.8, 4) is 5.75 Å². The second-order valence-corrected chi connectivity index (χ2v) is 6.05. The minimum absolute atomic E-state index is 0.00149. The Bertz CT molecular complexity index is 647. The number of hydrogen-bond donors (Lipinski definition) is 0. The molecule has 0 spiro atoms. The fourth-order valence-corrected chi connectivity index (χ4v) is 2.60. The van der Waals surface area contributed by atoms with Gasteiger partial charge >= 0.3 is 0 Å². The van der Waals surface area contributed by atoms with Crippen molar-refractivity contribution < 1.29 is 18.8 Å². The lowest BCUT2D eigenvalue weighted by Gasteiger charge is -2.04. The maximum Gasteiger partial charge on any atom is 0.184 e. The van der Waals surface area contributed by atoms with Crippen LogP contribution in [0.2, 0.25) is 5.02 Å². The van der Waals surface area contributed by atoms with Crippen LogP contribution in [0.3, 0.4) is 0 Å². The third-order valence-electron chi connectivity index (χ3n) is 3.84. The van der Waals surface area contributed by atoms with Gasteiger partial charge in [-0.2, -0.15) is 0 Å². The highest BCUT2D eigenvalue weighted by molar-refractivity contribution is 6.30. The molecule has 1 aromatic heterocycles. The standard InChI is InChI=1S/C17H18ClNO4/c18-13-2-4-14(5-3-13)22-11-15-9-16(19-23-15)17(20)6-1-12-7-8-21-10-12/h2-5,9,12H,1,6-8,10-11H2. The van der Waals surface area contributed by atoms with Crippen LogP contribution in [0, 0.1) is 5.92 Å². The lowest BCUT2D eigenvalue weighted by Crippen LogP contribution is -2.05. The van der Waals surface area contributed by atoms with Crippen LogP contribution in [0.25, 0.3) is 0 Å².